The lowest BCUT2D eigenvalue weighted by atomic mass is 10.2. The van der Waals surface area contributed by atoms with E-state index in [4.69, 9.17) is 0 Å². The van der Waals surface area contributed by atoms with E-state index in [0.29, 0.717) is 6.54 Å². The molecule has 3 nitrogen and oxygen atoms in total. The number of hydrogen-bond acceptors (Lipinski definition) is 2. The summed E-state index contributed by atoms with van der Waals surface area (Å²) >= 11 is 0. The molecule has 0 unspecified atom stereocenters. The Kier molecular flexibility index (Phi) is 4.35. The molecular weight excluding hydrogens is 258 g/mol. The van der Waals surface area contributed by atoms with Crippen molar-refractivity contribution in [3.63, 3.8) is 0 Å². The van der Waals surface area contributed by atoms with Gasteiger partial charge in [0.05, 0.1) is 5.75 Å². The van der Waals surface area contributed by atoms with Crippen molar-refractivity contribution in [1.29, 1.82) is 0 Å². The molecule has 0 fully saturated rings. The average Bonchev–Trinajstić information content (AvgIpc) is 2.40. The third kappa shape index (κ3) is 3.91. The van der Waals surface area contributed by atoms with E-state index in [0.717, 1.165) is 11.1 Å². The molecule has 4 heteroatoms. The lowest BCUT2D eigenvalue weighted by Gasteiger charge is -2.17. The summed E-state index contributed by atoms with van der Waals surface area (Å²) in [6.07, 6.45) is 0. The topological polar surface area (TPSA) is 37.4 Å². The van der Waals surface area contributed by atoms with Gasteiger partial charge >= 0.3 is 0 Å². The molecule has 100 valence electrons. The molecule has 0 N–H and O–H groups in total. The van der Waals surface area contributed by atoms with Crippen LogP contribution in [-0.4, -0.2) is 19.8 Å². The zero-order chi connectivity index (χ0) is 13.7. The molecule has 0 heterocycles. The molecule has 0 spiro atoms. The molecular formula is C15H17NO2S. The smallest absolute Gasteiger partial charge is 0.212 e. The maximum Gasteiger partial charge on any atom is 0.218 e. The van der Waals surface area contributed by atoms with Crippen LogP contribution in [0, 0.1) is 0 Å². The minimum absolute atomic E-state index is 0.0389. The van der Waals surface area contributed by atoms with Crippen LogP contribution in [0.2, 0.25) is 0 Å². The van der Waals surface area contributed by atoms with Crippen molar-refractivity contribution < 1.29 is 8.42 Å². The molecule has 0 radical (unpaired) electrons. The Hall–Kier alpha value is -1.65. The SMILES string of the molecule is CN(Cc1ccccc1)S(=O)(=O)Cc1ccccc1. The minimum atomic E-state index is -3.28. The van der Waals surface area contributed by atoms with E-state index in [-0.39, 0.29) is 5.75 Å². The van der Waals surface area contributed by atoms with Crippen LogP contribution in [0.4, 0.5) is 0 Å². The zero-order valence-electron chi connectivity index (χ0n) is 10.9. The summed E-state index contributed by atoms with van der Waals surface area (Å²) in [6.45, 7) is 0.399. The van der Waals surface area contributed by atoms with Gasteiger partial charge in [-0.25, -0.2) is 12.7 Å². The van der Waals surface area contributed by atoms with Crippen molar-refractivity contribution in [2.24, 2.45) is 0 Å². The third-order valence-corrected chi connectivity index (χ3v) is 4.69. The van der Waals surface area contributed by atoms with Gasteiger partial charge in [-0.2, -0.15) is 0 Å². The zero-order valence-corrected chi connectivity index (χ0v) is 11.7. The lowest BCUT2D eigenvalue weighted by Crippen LogP contribution is -2.27. The molecule has 2 aromatic carbocycles. The normalized spacial score (nSPS) is 11.7. The van der Waals surface area contributed by atoms with Crippen LogP contribution in [0.3, 0.4) is 0 Å². The Balaban J connectivity index is 2.07. The molecule has 0 aromatic heterocycles. The van der Waals surface area contributed by atoms with Crippen LogP contribution < -0.4 is 0 Å². The van der Waals surface area contributed by atoms with Crippen LogP contribution >= 0.6 is 0 Å². The highest BCUT2D eigenvalue weighted by molar-refractivity contribution is 7.88. The molecule has 0 atom stereocenters. The molecule has 0 aliphatic carbocycles. The van der Waals surface area contributed by atoms with Crippen molar-refractivity contribution in [3.05, 3.63) is 71.8 Å². The van der Waals surface area contributed by atoms with E-state index in [9.17, 15) is 8.42 Å². The molecule has 0 amide bonds. The predicted octanol–water partition coefficient (Wildman–Crippen LogP) is 2.65. The van der Waals surface area contributed by atoms with Crippen molar-refractivity contribution in [2.45, 2.75) is 12.3 Å². The van der Waals surface area contributed by atoms with E-state index in [2.05, 4.69) is 0 Å². The highest BCUT2D eigenvalue weighted by atomic mass is 32.2. The number of sulfonamides is 1. The maximum absolute atomic E-state index is 12.2. The summed E-state index contributed by atoms with van der Waals surface area (Å²) in [5.41, 5.74) is 1.80. The molecule has 0 saturated carbocycles. The second kappa shape index (κ2) is 5.99. The number of benzene rings is 2. The Labute approximate surface area is 114 Å². The van der Waals surface area contributed by atoms with Gasteiger partial charge in [0.25, 0.3) is 0 Å². The van der Waals surface area contributed by atoms with Crippen molar-refractivity contribution in [1.82, 2.24) is 4.31 Å². The van der Waals surface area contributed by atoms with E-state index < -0.39 is 10.0 Å². The predicted molar refractivity (Wildman–Crippen MR) is 77.0 cm³/mol. The van der Waals surface area contributed by atoms with Gasteiger partial charge in [0.2, 0.25) is 10.0 Å². The highest BCUT2D eigenvalue weighted by Crippen LogP contribution is 2.12. The van der Waals surface area contributed by atoms with Crippen LogP contribution in [-0.2, 0) is 22.3 Å². The minimum Gasteiger partial charge on any atom is -0.212 e. The standard InChI is InChI=1S/C15H17NO2S/c1-16(12-14-8-4-2-5-9-14)19(17,18)13-15-10-6-3-7-11-15/h2-11H,12-13H2,1H3. The third-order valence-electron chi connectivity index (χ3n) is 2.91. The summed E-state index contributed by atoms with van der Waals surface area (Å²) in [6, 6.07) is 18.8. The van der Waals surface area contributed by atoms with Crippen LogP contribution in [0.15, 0.2) is 60.7 Å². The van der Waals surface area contributed by atoms with Gasteiger partial charge in [-0.3, -0.25) is 0 Å². The van der Waals surface area contributed by atoms with Crippen molar-refractivity contribution in [2.75, 3.05) is 7.05 Å². The highest BCUT2D eigenvalue weighted by Gasteiger charge is 2.18. The molecule has 2 aromatic rings. The molecule has 19 heavy (non-hydrogen) atoms. The number of nitrogens with zero attached hydrogens (tertiary/aromatic N) is 1. The van der Waals surface area contributed by atoms with E-state index in [1.807, 2.05) is 60.7 Å². The lowest BCUT2D eigenvalue weighted by molar-refractivity contribution is 0.466. The van der Waals surface area contributed by atoms with Crippen molar-refractivity contribution >= 4 is 10.0 Å². The first-order valence-corrected chi connectivity index (χ1v) is 7.71. The first-order chi connectivity index (χ1) is 9.08. The largest absolute Gasteiger partial charge is 0.218 e. The number of hydrogen-bond donors (Lipinski definition) is 0. The molecule has 2 rings (SSSR count). The molecule has 0 bridgehead atoms. The van der Waals surface area contributed by atoms with Gasteiger partial charge in [-0.05, 0) is 11.1 Å². The molecule has 0 aliphatic heterocycles. The molecule has 0 saturated heterocycles. The van der Waals surface area contributed by atoms with Gasteiger partial charge in [-0.15, -0.1) is 0 Å². The van der Waals surface area contributed by atoms with Crippen LogP contribution in [0.25, 0.3) is 0 Å². The first kappa shape index (κ1) is 13.8. The summed E-state index contributed by atoms with van der Waals surface area (Å²) in [7, 11) is -1.66. The van der Waals surface area contributed by atoms with E-state index >= 15 is 0 Å². The van der Waals surface area contributed by atoms with Crippen LogP contribution in [0.5, 0.6) is 0 Å². The Morgan fingerprint density at radius 1 is 0.842 bits per heavy atom. The average molecular weight is 275 g/mol. The Morgan fingerprint density at radius 3 is 1.84 bits per heavy atom. The summed E-state index contributed by atoms with van der Waals surface area (Å²) < 4.78 is 25.9. The monoisotopic (exact) mass is 275 g/mol. The second-order valence-corrected chi connectivity index (χ2v) is 6.56. The van der Waals surface area contributed by atoms with Crippen molar-refractivity contribution in [3.8, 4) is 0 Å². The van der Waals surface area contributed by atoms with Gasteiger partial charge < -0.3 is 0 Å². The fraction of sp³-hybridized carbons (Fsp3) is 0.200. The first-order valence-electron chi connectivity index (χ1n) is 6.10. The Morgan fingerprint density at radius 2 is 1.32 bits per heavy atom. The number of rotatable bonds is 5. The fourth-order valence-corrected chi connectivity index (χ4v) is 3.01. The van der Waals surface area contributed by atoms with Gasteiger partial charge in [-0.1, -0.05) is 60.7 Å². The Bertz CT molecular complexity index is 609. The van der Waals surface area contributed by atoms with E-state index in [1.165, 1.54) is 4.31 Å². The fourth-order valence-electron chi connectivity index (χ4n) is 1.83. The molecule has 0 aliphatic rings. The van der Waals surface area contributed by atoms with Gasteiger partial charge in [0.15, 0.2) is 0 Å². The van der Waals surface area contributed by atoms with Gasteiger partial charge in [0, 0.05) is 13.6 Å². The quantitative estimate of drug-likeness (QED) is 0.841. The second-order valence-electron chi connectivity index (χ2n) is 4.48. The van der Waals surface area contributed by atoms with Gasteiger partial charge in [0.1, 0.15) is 0 Å². The van der Waals surface area contributed by atoms with E-state index in [1.54, 1.807) is 7.05 Å². The van der Waals surface area contributed by atoms with Crippen LogP contribution in [0.1, 0.15) is 11.1 Å². The summed E-state index contributed by atoms with van der Waals surface area (Å²) in [5, 5.41) is 0. The summed E-state index contributed by atoms with van der Waals surface area (Å²) in [5.74, 6) is 0.0389. The summed E-state index contributed by atoms with van der Waals surface area (Å²) in [4.78, 5) is 0. The maximum atomic E-state index is 12.2.